The van der Waals surface area contributed by atoms with Crippen molar-refractivity contribution < 1.29 is 13.2 Å². The third-order valence-electron chi connectivity index (χ3n) is 5.07. The maximum Gasteiger partial charge on any atom is 0.251 e. The molecular weight excluding hydrogens is 374 g/mol. The zero-order valence-corrected chi connectivity index (χ0v) is 17.2. The van der Waals surface area contributed by atoms with Crippen molar-refractivity contribution >= 4 is 15.9 Å². The summed E-state index contributed by atoms with van der Waals surface area (Å²) in [6.45, 7) is 4.60. The minimum Gasteiger partial charge on any atom is -0.352 e. The molecule has 0 aromatic heterocycles. The van der Waals surface area contributed by atoms with Crippen molar-refractivity contribution in [2.45, 2.75) is 18.2 Å². The molecule has 2 aromatic carbocycles. The first-order chi connectivity index (χ1) is 13.4. The highest BCUT2D eigenvalue weighted by Crippen LogP contribution is 2.22. The third kappa shape index (κ3) is 4.79. The molecule has 0 atom stereocenters. The van der Waals surface area contributed by atoms with Gasteiger partial charge in [0.1, 0.15) is 0 Å². The lowest BCUT2D eigenvalue weighted by atomic mass is 10.1. The van der Waals surface area contributed by atoms with Crippen LogP contribution in [0.25, 0.3) is 0 Å². The minimum absolute atomic E-state index is 0.216. The number of hydrogen-bond acceptors (Lipinski definition) is 4. The van der Waals surface area contributed by atoms with Gasteiger partial charge in [0, 0.05) is 38.3 Å². The van der Waals surface area contributed by atoms with E-state index >= 15 is 0 Å². The molecule has 1 amide bonds. The van der Waals surface area contributed by atoms with Crippen molar-refractivity contribution in [3.8, 4) is 0 Å². The lowest BCUT2D eigenvalue weighted by Gasteiger charge is -2.32. The number of aryl methyl sites for hydroxylation is 1. The van der Waals surface area contributed by atoms with Gasteiger partial charge >= 0.3 is 0 Å². The number of nitrogens with zero attached hydrogens (tertiary/aromatic N) is 2. The van der Waals surface area contributed by atoms with Crippen LogP contribution < -0.4 is 5.32 Å². The number of rotatable bonds is 6. The lowest BCUT2D eigenvalue weighted by molar-refractivity contribution is 0.0954. The lowest BCUT2D eigenvalue weighted by Crippen LogP contribution is -2.47. The summed E-state index contributed by atoms with van der Waals surface area (Å²) >= 11 is 0. The van der Waals surface area contributed by atoms with E-state index in [2.05, 4.69) is 10.2 Å². The summed E-state index contributed by atoms with van der Waals surface area (Å²) in [5, 5.41) is 2.88. The van der Waals surface area contributed by atoms with Crippen LogP contribution in [0.5, 0.6) is 0 Å². The molecule has 0 bridgehead atoms. The number of sulfonamides is 1. The van der Waals surface area contributed by atoms with E-state index < -0.39 is 10.0 Å². The molecule has 6 nitrogen and oxygen atoms in total. The van der Waals surface area contributed by atoms with Crippen molar-refractivity contribution in [2.75, 3.05) is 39.8 Å². The standard InChI is InChI=1S/C21H27N3O3S/c1-17-8-9-19(21(25)22-11-10-18-6-4-3-5-7-18)16-20(17)28(26,27)24-14-12-23(2)13-15-24/h3-9,16H,10-15H2,1-2H3,(H,22,25). The van der Waals surface area contributed by atoms with Crippen molar-refractivity contribution in [3.05, 3.63) is 65.2 Å². The van der Waals surface area contributed by atoms with Crippen molar-refractivity contribution in [2.24, 2.45) is 0 Å². The fourth-order valence-corrected chi connectivity index (χ4v) is 4.93. The first kappa shape index (κ1) is 20.5. The van der Waals surface area contributed by atoms with E-state index in [0.29, 0.717) is 43.9 Å². The Morgan fingerprint density at radius 1 is 1.04 bits per heavy atom. The molecule has 3 rings (SSSR count). The Bertz CT molecular complexity index is 921. The summed E-state index contributed by atoms with van der Waals surface area (Å²) < 4.78 is 27.6. The fraction of sp³-hybridized carbons (Fsp3) is 0.381. The molecule has 28 heavy (non-hydrogen) atoms. The Balaban J connectivity index is 1.70. The summed E-state index contributed by atoms with van der Waals surface area (Å²) in [6.07, 6.45) is 0.727. The number of likely N-dealkylation sites (N-methyl/N-ethyl adjacent to an activating group) is 1. The molecule has 0 unspecified atom stereocenters. The second-order valence-corrected chi connectivity index (χ2v) is 9.09. The maximum absolute atomic E-state index is 13.1. The first-order valence-corrected chi connectivity index (χ1v) is 10.9. The second-order valence-electron chi connectivity index (χ2n) is 7.18. The smallest absolute Gasteiger partial charge is 0.251 e. The molecule has 150 valence electrons. The van der Waals surface area contributed by atoms with Gasteiger partial charge < -0.3 is 10.2 Å². The van der Waals surface area contributed by atoms with Gasteiger partial charge in [0.15, 0.2) is 0 Å². The first-order valence-electron chi connectivity index (χ1n) is 9.49. The number of piperazine rings is 1. The number of nitrogens with one attached hydrogen (secondary N) is 1. The van der Waals surface area contributed by atoms with E-state index in [-0.39, 0.29) is 10.8 Å². The van der Waals surface area contributed by atoms with Gasteiger partial charge in [-0.05, 0) is 43.7 Å². The molecule has 7 heteroatoms. The molecule has 1 saturated heterocycles. The Kier molecular flexibility index (Phi) is 6.49. The summed E-state index contributed by atoms with van der Waals surface area (Å²) in [7, 11) is -1.63. The SMILES string of the molecule is Cc1ccc(C(=O)NCCc2ccccc2)cc1S(=O)(=O)N1CCN(C)CC1. The zero-order chi connectivity index (χ0) is 20.1. The summed E-state index contributed by atoms with van der Waals surface area (Å²) in [5.74, 6) is -0.259. The van der Waals surface area contributed by atoms with Crippen molar-refractivity contribution in [3.63, 3.8) is 0 Å². The Morgan fingerprint density at radius 3 is 2.39 bits per heavy atom. The summed E-state index contributed by atoms with van der Waals surface area (Å²) in [4.78, 5) is 14.8. The Morgan fingerprint density at radius 2 is 1.71 bits per heavy atom. The van der Waals surface area contributed by atoms with E-state index in [1.54, 1.807) is 19.1 Å². The molecule has 2 aromatic rings. The highest BCUT2D eigenvalue weighted by molar-refractivity contribution is 7.89. The maximum atomic E-state index is 13.1. The van der Waals surface area contributed by atoms with Gasteiger partial charge in [0.25, 0.3) is 5.91 Å². The van der Waals surface area contributed by atoms with Crippen LogP contribution in [0.4, 0.5) is 0 Å². The fourth-order valence-electron chi connectivity index (χ4n) is 3.25. The van der Waals surface area contributed by atoms with E-state index in [1.807, 2.05) is 37.4 Å². The van der Waals surface area contributed by atoms with E-state index in [4.69, 9.17) is 0 Å². The van der Waals surface area contributed by atoms with Crippen LogP contribution in [0.3, 0.4) is 0 Å². The van der Waals surface area contributed by atoms with Crippen LogP contribution >= 0.6 is 0 Å². The normalized spacial score (nSPS) is 16.1. The number of benzene rings is 2. The van der Waals surface area contributed by atoms with Gasteiger partial charge in [-0.25, -0.2) is 8.42 Å². The van der Waals surface area contributed by atoms with Gasteiger partial charge in [-0.15, -0.1) is 0 Å². The van der Waals surface area contributed by atoms with Crippen LogP contribution in [0.1, 0.15) is 21.5 Å². The molecule has 1 heterocycles. The molecular formula is C21H27N3O3S. The molecule has 0 aliphatic carbocycles. The quantitative estimate of drug-likeness (QED) is 0.803. The van der Waals surface area contributed by atoms with Gasteiger partial charge in [0.2, 0.25) is 10.0 Å². The Hall–Kier alpha value is -2.22. The second kappa shape index (κ2) is 8.86. The largest absolute Gasteiger partial charge is 0.352 e. The molecule has 1 N–H and O–H groups in total. The number of amides is 1. The topological polar surface area (TPSA) is 69.7 Å². The van der Waals surface area contributed by atoms with Crippen LogP contribution in [-0.4, -0.2) is 63.3 Å². The van der Waals surface area contributed by atoms with Gasteiger partial charge in [-0.1, -0.05) is 36.4 Å². The average Bonchev–Trinajstić information content (AvgIpc) is 2.69. The van der Waals surface area contributed by atoms with Crippen molar-refractivity contribution in [1.29, 1.82) is 0 Å². The monoisotopic (exact) mass is 401 g/mol. The molecule has 0 saturated carbocycles. The van der Waals surface area contributed by atoms with Crippen molar-refractivity contribution in [1.82, 2.24) is 14.5 Å². The molecule has 0 spiro atoms. The van der Waals surface area contributed by atoms with Gasteiger partial charge in [-0.2, -0.15) is 4.31 Å². The van der Waals surface area contributed by atoms with E-state index in [1.165, 1.54) is 10.4 Å². The molecule has 1 aliphatic heterocycles. The Labute approximate surface area is 167 Å². The average molecular weight is 402 g/mol. The van der Waals surface area contributed by atoms with E-state index in [9.17, 15) is 13.2 Å². The summed E-state index contributed by atoms with van der Waals surface area (Å²) in [6, 6.07) is 14.8. The molecule has 1 aliphatic rings. The zero-order valence-electron chi connectivity index (χ0n) is 16.4. The predicted octanol–water partition coefficient (Wildman–Crippen LogP) is 1.90. The van der Waals surface area contributed by atoms with Crippen LogP contribution in [0, 0.1) is 6.92 Å². The predicted molar refractivity (Wildman–Crippen MR) is 110 cm³/mol. The highest BCUT2D eigenvalue weighted by Gasteiger charge is 2.29. The van der Waals surface area contributed by atoms with Crippen LogP contribution in [-0.2, 0) is 16.4 Å². The molecule has 0 radical (unpaired) electrons. The minimum atomic E-state index is -3.61. The number of carbonyl (C=O) groups excluding carboxylic acids is 1. The highest BCUT2D eigenvalue weighted by atomic mass is 32.2. The van der Waals surface area contributed by atoms with Crippen LogP contribution in [0.2, 0.25) is 0 Å². The number of hydrogen-bond donors (Lipinski definition) is 1. The number of carbonyl (C=O) groups is 1. The van der Waals surface area contributed by atoms with Gasteiger partial charge in [-0.3, -0.25) is 4.79 Å². The third-order valence-corrected chi connectivity index (χ3v) is 7.11. The molecule has 1 fully saturated rings. The summed E-state index contributed by atoms with van der Waals surface area (Å²) in [5.41, 5.74) is 2.16. The van der Waals surface area contributed by atoms with Gasteiger partial charge in [0.05, 0.1) is 4.90 Å². The van der Waals surface area contributed by atoms with Crippen LogP contribution in [0.15, 0.2) is 53.4 Å². The van der Waals surface area contributed by atoms with E-state index in [0.717, 1.165) is 12.0 Å².